The molecule has 0 radical (unpaired) electrons. The first kappa shape index (κ1) is 20.3. The van der Waals surface area contributed by atoms with Crippen LogP contribution >= 0.6 is 12.2 Å². The zero-order chi connectivity index (χ0) is 20.3. The Morgan fingerprint density at radius 1 is 1.32 bits per heavy atom. The number of benzene rings is 1. The fraction of sp³-hybridized carbons (Fsp3) is 0.368. The second kappa shape index (κ2) is 8.30. The molecule has 2 N–H and O–H groups in total. The maximum absolute atomic E-state index is 14.8. The first-order valence-corrected chi connectivity index (χ1v) is 9.10. The van der Waals surface area contributed by atoms with Gasteiger partial charge in [-0.2, -0.15) is 13.2 Å². The minimum Gasteiger partial charge on any atom is -0.494 e. The maximum atomic E-state index is 14.8. The lowest BCUT2D eigenvalue weighted by atomic mass is 9.93. The molecule has 0 aliphatic heterocycles. The van der Waals surface area contributed by atoms with Crippen LogP contribution in [-0.2, 0) is 6.18 Å². The number of alkyl halides is 3. The summed E-state index contributed by atoms with van der Waals surface area (Å²) >= 11 is 5.21. The van der Waals surface area contributed by atoms with E-state index in [1.54, 1.807) is 6.07 Å². The molecular weight excluding hydrogens is 394 g/mol. The maximum Gasteiger partial charge on any atom is 0.416 e. The van der Waals surface area contributed by atoms with Gasteiger partial charge in [0, 0.05) is 30.3 Å². The van der Waals surface area contributed by atoms with E-state index < -0.39 is 23.5 Å². The lowest BCUT2D eigenvalue weighted by molar-refractivity contribution is -0.137. The molecule has 150 valence electrons. The zero-order valence-electron chi connectivity index (χ0n) is 15.0. The molecule has 0 spiro atoms. The molecular formula is C19H19F4N3OS. The van der Waals surface area contributed by atoms with Crippen LogP contribution in [0.1, 0.15) is 35.6 Å². The molecule has 9 heteroatoms. The standard InChI is InChI=1S/C19H19F4N3OS/c1-27-16-4-2-3-13(17(16)20)14(10-25-18(28)26-12-5-6-12)15-9-11(7-8-24-15)19(21,22)23/h2-4,7-9,12,14H,5-6,10H2,1H3,(H2,25,26,28). The van der Waals surface area contributed by atoms with Gasteiger partial charge < -0.3 is 15.4 Å². The van der Waals surface area contributed by atoms with E-state index in [1.165, 1.54) is 19.2 Å². The summed E-state index contributed by atoms with van der Waals surface area (Å²) in [5.74, 6) is -1.43. The van der Waals surface area contributed by atoms with Crippen LogP contribution in [0.2, 0.25) is 0 Å². The van der Waals surface area contributed by atoms with Gasteiger partial charge in [-0.1, -0.05) is 12.1 Å². The van der Waals surface area contributed by atoms with E-state index >= 15 is 0 Å². The summed E-state index contributed by atoms with van der Waals surface area (Å²) in [6, 6.07) is 6.67. The highest BCUT2D eigenvalue weighted by Gasteiger charge is 2.32. The van der Waals surface area contributed by atoms with E-state index in [9.17, 15) is 17.6 Å². The molecule has 0 bridgehead atoms. The number of aromatic nitrogens is 1. The smallest absolute Gasteiger partial charge is 0.416 e. The number of thiocarbonyl (C=S) groups is 1. The van der Waals surface area contributed by atoms with Crippen molar-refractivity contribution >= 4 is 17.3 Å². The molecule has 1 aromatic heterocycles. The summed E-state index contributed by atoms with van der Waals surface area (Å²) in [7, 11) is 1.33. The van der Waals surface area contributed by atoms with Crippen LogP contribution < -0.4 is 15.4 Å². The normalized spacial score (nSPS) is 15.0. The van der Waals surface area contributed by atoms with E-state index in [2.05, 4.69) is 15.6 Å². The summed E-state index contributed by atoms with van der Waals surface area (Å²) in [5.41, 5.74) is -0.582. The number of hydrogen-bond donors (Lipinski definition) is 2. The van der Waals surface area contributed by atoms with Crippen LogP contribution in [0.15, 0.2) is 36.5 Å². The van der Waals surface area contributed by atoms with Crippen molar-refractivity contribution in [2.24, 2.45) is 0 Å². The van der Waals surface area contributed by atoms with Gasteiger partial charge in [-0.3, -0.25) is 4.98 Å². The Morgan fingerprint density at radius 3 is 2.71 bits per heavy atom. The van der Waals surface area contributed by atoms with E-state index in [0.717, 1.165) is 31.2 Å². The first-order valence-electron chi connectivity index (χ1n) is 8.69. The van der Waals surface area contributed by atoms with Gasteiger partial charge in [0.1, 0.15) is 0 Å². The second-order valence-electron chi connectivity index (χ2n) is 6.51. The summed E-state index contributed by atoms with van der Waals surface area (Å²) in [6.45, 7) is 0.0803. The highest BCUT2D eigenvalue weighted by molar-refractivity contribution is 7.80. The molecule has 4 nitrogen and oxygen atoms in total. The van der Waals surface area contributed by atoms with E-state index in [-0.39, 0.29) is 23.6 Å². The largest absolute Gasteiger partial charge is 0.494 e. The molecule has 1 aliphatic rings. The third-order valence-corrected chi connectivity index (χ3v) is 4.70. The van der Waals surface area contributed by atoms with Crippen LogP contribution in [0, 0.1) is 5.82 Å². The van der Waals surface area contributed by atoms with Crippen molar-refractivity contribution in [3.63, 3.8) is 0 Å². The Hall–Kier alpha value is -2.42. The minimum atomic E-state index is -4.52. The fourth-order valence-corrected chi connectivity index (χ4v) is 3.05. The molecule has 1 aliphatic carbocycles. The molecule has 1 saturated carbocycles. The number of methoxy groups -OCH3 is 1. The third-order valence-electron chi connectivity index (χ3n) is 4.43. The number of ether oxygens (including phenoxy) is 1. The van der Waals surface area contributed by atoms with Crippen LogP contribution in [0.25, 0.3) is 0 Å². The van der Waals surface area contributed by atoms with Gasteiger partial charge in [0.15, 0.2) is 16.7 Å². The van der Waals surface area contributed by atoms with Crippen molar-refractivity contribution in [3.05, 3.63) is 59.2 Å². The molecule has 0 amide bonds. The van der Waals surface area contributed by atoms with Gasteiger partial charge in [-0.25, -0.2) is 4.39 Å². The first-order chi connectivity index (χ1) is 13.3. The highest BCUT2D eigenvalue weighted by Crippen LogP contribution is 2.34. The Labute approximate surface area is 165 Å². The Bertz CT molecular complexity index is 855. The molecule has 1 fully saturated rings. The number of pyridine rings is 1. The predicted octanol–water partition coefficient (Wildman–Crippen LogP) is 4.01. The number of hydrogen-bond acceptors (Lipinski definition) is 3. The van der Waals surface area contributed by atoms with Gasteiger partial charge in [0.05, 0.1) is 18.4 Å². The number of nitrogens with zero attached hydrogens (tertiary/aromatic N) is 1. The Balaban J connectivity index is 1.93. The summed E-state index contributed by atoms with van der Waals surface area (Å²) in [6.07, 6.45) is -1.41. The number of halogens is 4. The molecule has 1 unspecified atom stereocenters. The average Bonchev–Trinajstić information content (AvgIpc) is 3.46. The number of nitrogens with one attached hydrogen (secondary N) is 2. The van der Waals surface area contributed by atoms with Gasteiger partial charge in [-0.05, 0) is 43.3 Å². The minimum absolute atomic E-state index is 0.00755. The highest BCUT2D eigenvalue weighted by atomic mass is 32.1. The molecule has 3 rings (SSSR count). The van der Waals surface area contributed by atoms with Crippen LogP contribution in [0.4, 0.5) is 17.6 Å². The monoisotopic (exact) mass is 413 g/mol. The summed E-state index contributed by atoms with van der Waals surface area (Å²) < 4.78 is 59.2. The quantitative estimate of drug-likeness (QED) is 0.554. The van der Waals surface area contributed by atoms with Gasteiger partial charge >= 0.3 is 6.18 Å². The SMILES string of the molecule is COc1cccc(C(CNC(=S)NC2CC2)c2cc(C(F)(F)F)ccn2)c1F. The lowest BCUT2D eigenvalue weighted by Crippen LogP contribution is -2.39. The summed E-state index contributed by atoms with van der Waals surface area (Å²) in [5, 5.41) is 6.43. The van der Waals surface area contributed by atoms with Crippen LogP contribution in [-0.4, -0.2) is 29.8 Å². The van der Waals surface area contributed by atoms with Crippen molar-refractivity contribution in [3.8, 4) is 5.75 Å². The van der Waals surface area contributed by atoms with E-state index in [1.807, 2.05) is 0 Å². The van der Waals surface area contributed by atoms with Crippen molar-refractivity contribution in [2.45, 2.75) is 31.0 Å². The number of rotatable bonds is 6. The third kappa shape index (κ3) is 4.89. The zero-order valence-corrected chi connectivity index (χ0v) is 15.8. The van der Waals surface area contributed by atoms with Gasteiger partial charge in [0.2, 0.25) is 0 Å². The Morgan fingerprint density at radius 2 is 2.07 bits per heavy atom. The van der Waals surface area contributed by atoms with E-state index in [0.29, 0.717) is 11.2 Å². The van der Waals surface area contributed by atoms with Crippen LogP contribution in [0.5, 0.6) is 5.75 Å². The second-order valence-corrected chi connectivity index (χ2v) is 6.92. The van der Waals surface area contributed by atoms with Crippen LogP contribution in [0.3, 0.4) is 0 Å². The fourth-order valence-electron chi connectivity index (χ4n) is 2.80. The molecule has 1 atom stereocenters. The van der Waals surface area contributed by atoms with Gasteiger partial charge in [-0.15, -0.1) is 0 Å². The predicted molar refractivity (Wildman–Crippen MR) is 101 cm³/mol. The molecule has 1 heterocycles. The topological polar surface area (TPSA) is 46.2 Å². The Kier molecular flexibility index (Phi) is 6.02. The molecule has 1 aromatic carbocycles. The molecule has 0 saturated heterocycles. The molecule has 2 aromatic rings. The van der Waals surface area contributed by atoms with Crippen molar-refractivity contribution in [2.75, 3.05) is 13.7 Å². The summed E-state index contributed by atoms with van der Waals surface area (Å²) in [4.78, 5) is 4.07. The molecule has 28 heavy (non-hydrogen) atoms. The lowest BCUT2D eigenvalue weighted by Gasteiger charge is -2.21. The van der Waals surface area contributed by atoms with Crippen molar-refractivity contribution < 1.29 is 22.3 Å². The van der Waals surface area contributed by atoms with Gasteiger partial charge in [0.25, 0.3) is 0 Å². The van der Waals surface area contributed by atoms with Crippen molar-refractivity contribution in [1.29, 1.82) is 0 Å². The van der Waals surface area contributed by atoms with E-state index in [4.69, 9.17) is 17.0 Å². The average molecular weight is 413 g/mol. The van der Waals surface area contributed by atoms with Crippen molar-refractivity contribution in [1.82, 2.24) is 15.6 Å².